The molecule has 3 atom stereocenters. The first kappa shape index (κ1) is 23.5. The summed E-state index contributed by atoms with van der Waals surface area (Å²) in [4.78, 5) is 38.2. The zero-order valence-electron chi connectivity index (χ0n) is 19.3. The second-order valence-electron chi connectivity index (χ2n) is 10.0. The third-order valence-corrected chi connectivity index (χ3v) is 11.2. The van der Waals surface area contributed by atoms with Crippen molar-refractivity contribution in [2.45, 2.75) is 70.9 Å². The molecule has 0 saturated carbocycles. The van der Waals surface area contributed by atoms with Gasteiger partial charge >= 0.3 is 6.09 Å². The third kappa shape index (κ3) is 5.18. The Morgan fingerprint density at radius 2 is 1.90 bits per heavy atom. The molecule has 169 valence electrons. The predicted molar refractivity (Wildman–Crippen MR) is 119 cm³/mol. The SMILES string of the molecule is C[C@@H](O[Si](C)(C)C(C)(C)C)[C@H]1C(=O)[N][C@@H]1CC(=O)c1ccc(CN2CCOC2=O)cc1. The molecule has 1 aromatic rings. The normalized spacial score (nSPS) is 22.6. The van der Waals surface area contributed by atoms with E-state index in [-0.39, 0.29) is 47.3 Å². The highest BCUT2D eigenvalue weighted by atomic mass is 28.4. The van der Waals surface area contributed by atoms with E-state index in [1.54, 1.807) is 17.0 Å². The van der Waals surface area contributed by atoms with E-state index >= 15 is 0 Å². The van der Waals surface area contributed by atoms with Crippen LogP contribution in [0.1, 0.15) is 50.0 Å². The zero-order valence-corrected chi connectivity index (χ0v) is 20.3. The molecule has 7 nitrogen and oxygen atoms in total. The zero-order chi connectivity index (χ0) is 23.0. The topological polar surface area (TPSA) is 87.0 Å². The number of nitrogens with zero attached hydrogens (tertiary/aromatic N) is 2. The number of β-lactam (4-membered cyclic amide) rings is 1. The van der Waals surface area contributed by atoms with Crippen molar-refractivity contribution in [2.24, 2.45) is 5.92 Å². The summed E-state index contributed by atoms with van der Waals surface area (Å²) in [7, 11) is -2.02. The van der Waals surface area contributed by atoms with E-state index in [0.29, 0.717) is 25.3 Å². The molecule has 2 amide bonds. The number of hydrogen-bond acceptors (Lipinski definition) is 5. The summed E-state index contributed by atoms with van der Waals surface area (Å²) >= 11 is 0. The molecule has 0 aliphatic carbocycles. The number of carbonyl (C=O) groups is 3. The van der Waals surface area contributed by atoms with Crippen LogP contribution in [-0.2, 0) is 20.5 Å². The van der Waals surface area contributed by atoms with Crippen molar-refractivity contribution in [3.8, 4) is 0 Å². The predicted octanol–water partition coefficient (Wildman–Crippen LogP) is 3.75. The van der Waals surface area contributed by atoms with E-state index in [1.807, 2.05) is 19.1 Å². The fourth-order valence-corrected chi connectivity index (χ4v) is 5.14. The Hall–Kier alpha value is -2.19. The molecular formula is C23H33N2O5Si. The highest BCUT2D eigenvalue weighted by Gasteiger charge is 2.49. The first-order valence-electron chi connectivity index (χ1n) is 10.9. The minimum Gasteiger partial charge on any atom is -0.448 e. The molecule has 0 aromatic heterocycles. The molecule has 0 spiro atoms. The fourth-order valence-electron chi connectivity index (χ4n) is 3.71. The molecule has 0 unspecified atom stereocenters. The van der Waals surface area contributed by atoms with Crippen LogP contribution in [0.5, 0.6) is 0 Å². The summed E-state index contributed by atoms with van der Waals surface area (Å²) in [6.45, 7) is 14.2. The number of ether oxygens (including phenoxy) is 1. The second kappa shape index (κ2) is 8.74. The molecule has 1 radical (unpaired) electrons. The van der Waals surface area contributed by atoms with E-state index in [4.69, 9.17) is 9.16 Å². The van der Waals surface area contributed by atoms with E-state index < -0.39 is 8.32 Å². The number of carbonyl (C=O) groups excluding carboxylic acids is 3. The van der Waals surface area contributed by atoms with Crippen LogP contribution >= 0.6 is 0 Å². The van der Waals surface area contributed by atoms with E-state index in [2.05, 4.69) is 39.2 Å². The molecule has 2 fully saturated rings. The lowest BCUT2D eigenvalue weighted by atomic mass is 9.82. The fraction of sp³-hybridized carbons (Fsp3) is 0.609. The lowest BCUT2D eigenvalue weighted by Crippen LogP contribution is -2.60. The van der Waals surface area contributed by atoms with Crippen molar-refractivity contribution < 1.29 is 23.5 Å². The largest absolute Gasteiger partial charge is 0.448 e. The first-order valence-corrected chi connectivity index (χ1v) is 13.8. The molecule has 0 bridgehead atoms. The molecule has 2 aliphatic heterocycles. The molecule has 2 saturated heterocycles. The van der Waals surface area contributed by atoms with Crippen LogP contribution in [0.15, 0.2) is 24.3 Å². The minimum atomic E-state index is -2.02. The number of Topliss-reactive ketones (excluding diaryl/α,β-unsaturated/α-hetero) is 1. The maximum absolute atomic E-state index is 12.8. The van der Waals surface area contributed by atoms with Gasteiger partial charge in [-0.2, -0.15) is 0 Å². The van der Waals surface area contributed by atoms with Crippen molar-refractivity contribution in [1.29, 1.82) is 0 Å². The summed E-state index contributed by atoms with van der Waals surface area (Å²) in [6.07, 6.45) is -0.373. The summed E-state index contributed by atoms with van der Waals surface area (Å²) in [5, 5.41) is 4.14. The van der Waals surface area contributed by atoms with E-state index in [9.17, 15) is 14.4 Å². The first-order chi connectivity index (χ1) is 14.4. The van der Waals surface area contributed by atoms with Gasteiger partial charge in [-0.05, 0) is 30.6 Å². The van der Waals surface area contributed by atoms with Gasteiger partial charge in [-0.25, -0.2) is 10.1 Å². The molecule has 8 heteroatoms. The quantitative estimate of drug-likeness (QED) is 0.345. The Labute approximate surface area is 185 Å². The van der Waals surface area contributed by atoms with E-state index in [1.165, 1.54) is 0 Å². The van der Waals surface area contributed by atoms with Gasteiger partial charge in [-0.15, -0.1) is 0 Å². The van der Waals surface area contributed by atoms with Crippen molar-refractivity contribution in [3.63, 3.8) is 0 Å². The minimum absolute atomic E-state index is 0.0436. The van der Waals surface area contributed by atoms with Gasteiger partial charge in [-0.1, -0.05) is 45.0 Å². The summed E-state index contributed by atoms with van der Waals surface area (Å²) in [5.74, 6) is -0.576. The van der Waals surface area contributed by atoms with Gasteiger partial charge in [0.25, 0.3) is 0 Å². The second-order valence-corrected chi connectivity index (χ2v) is 14.8. The Morgan fingerprint density at radius 1 is 1.26 bits per heavy atom. The van der Waals surface area contributed by atoms with Crippen molar-refractivity contribution >= 4 is 26.1 Å². The van der Waals surface area contributed by atoms with Crippen LogP contribution in [0, 0.1) is 5.92 Å². The van der Waals surface area contributed by atoms with Crippen LogP contribution in [0.4, 0.5) is 4.79 Å². The van der Waals surface area contributed by atoms with Gasteiger partial charge in [-0.3, -0.25) is 9.59 Å². The average molecular weight is 446 g/mol. The molecule has 31 heavy (non-hydrogen) atoms. The van der Waals surface area contributed by atoms with Gasteiger partial charge < -0.3 is 14.1 Å². The number of cyclic esters (lactones) is 1. The smallest absolute Gasteiger partial charge is 0.410 e. The average Bonchev–Trinajstić information content (AvgIpc) is 3.04. The maximum atomic E-state index is 12.8. The highest BCUT2D eigenvalue weighted by molar-refractivity contribution is 6.74. The summed E-state index contributed by atoms with van der Waals surface area (Å²) < 4.78 is 11.3. The number of amides is 2. The molecule has 1 aromatic carbocycles. The number of benzene rings is 1. The van der Waals surface area contributed by atoms with Gasteiger partial charge in [0.2, 0.25) is 5.91 Å². The Balaban J connectivity index is 1.58. The van der Waals surface area contributed by atoms with E-state index in [0.717, 1.165) is 5.56 Å². The number of ketones is 1. The van der Waals surface area contributed by atoms with Gasteiger partial charge in [0.15, 0.2) is 14.1 Å². The third-order valence-electron chi connectivity index (χ3n) is 6.67. The number of rotatable bonds is 8. The van der Waals surface area contributed by atoms with Crippen LogP contribution in [0.25, 0.3) is 0 Å². The molecule has 0 N–H and O–H groups in total. The summed E-state index contributed by atoms with van der Waals surface area (Å²) in [5.41, 5.74) is 1.52. The molecule has 3 rings (SSSR count). The van der Waals surface area contributed by atoms with Gasteiger partial charge in [0.1, 0.15) is 6.61 Å². The van der Waals surface area contributed by atoms with Crippen molar-refractivity contribution in [1.82, 2.24) is 10.2 Å². The highest BCUT2D eigenvalue weighted by Crippen LogP contribution is 2.39. The van der Waals surface area contributed by atoms with Crippen molar-refractivity contribution in [2.75, 3.05) is 13.2 Å². The Bertz CT molecular complexity index is 847. The van der Waals surface area contributed by atoms with Crippen LogP contribution in [-0.4, -0.2) is 56.3 Å². The molecule has 2 aliphatic rings. The Kier molecular flexibility index (Phi) is 6.62. The lowest BCUT2D eigenvalue weighted by Gasteiger charge is -2.44. The van der Waals surface area contributed by atoms with Crippen molar-refractivity contribution in [3.05, 3.63) is 35.4 Å². The van der Waals surface area contributed by atoms with Crippen LogP contribution < -0.4 is 5.32 Å². The summed E-state index contributed by atoms with van der Waals surface area (Å²) in [6, 6.07) is 6.90. The van der Waals surface area contributed by atoms with Crippen LogP contribution in [0.3, 0.4) is 0 Å². The van der Waals surface area contributed by atoms with Crippen LogP contribution in [0.2, 0.25) is 18.1 Å². The Morgan fingerprint density at radius 3 is 2.42 bits per heavy atom. The lowest BCUT2D eigenvalue weighted by molar-refractivity contribution is -0.140. The molecule has 2 heterocycles. The maximum Gasteiger partial charge on any atom is 0.410 e. The number of hydrogen-bond donors (Lipinski definition) is 0. The van der Waals surface area contributed by atoms with Gasteiger partial charge in [0, 0.05) is 18.5 Å². The molecular weight excluding hydrogens is 412 g/mol. The van der Waals surface area contributed by atoms with Gasteiger partial charge in [0.05, 0.1) is 24.6 Å². The standard InChI is InChI=1S/C23H33N2O5Si/c1-15(30-31(5,6)23(2,3)4)20-18(24-21(20)27)13-19(26)17-9-7-16(8-10-17)14-25-11-12-29-22(25)28/h7-10,15,18,20H,11-14H2,1-6H3/t15-,18-,20-/m1/s1. The monoisotopic (exact) mass is 445 g/mol.